The lowest BCUT2D eigenvalue weighted by molar-refractivity contribution is -0.151. The zero-order chi connectivity index (χ0) is 28.4. The quantitative estimate of drug-likeness (QED) is 0.110. The van der Waals surface area contributed by atoms with Crippen LogP contribution in [0.5, 0.6) is 5.75 Å². The van der Waals surface area contributed by atoms with Crippen LogP contribution in [-0.2, 0) is 16.1 Å². The Kier molecular flexibility index (Phi) is 10.6. The molecule has 0 aliphatic rings. The minimum Gasteiger partial charge on any atom is -0.497 e. The number of ether oxygens (including phenoxy) is 2. The monoisotopic (exact) mass is 528 g/mol. The molecular formula is C31H36N4O4. The number of benzene rings is 3. The molecule has 3 rings (SSSR count). The fourth-order valence-electron chi connectivity index (χ4n) is 4.46. The predicted molar refractivity (Wildman–Crippen MR) is 150 cm³/mol. The van der Waals surface area contributed by atoms with Crippen LogP contribution in [0.2, 0.25) is 0 Å². The first-order chi connectivity index (χ1) is 18.7. The molecule has 0 bridgehead atoms. The van der Waals surface area contributed by atoms with E-state index >= 15 is 0 Å². The maximum Gasteiger partial charge on any atom is 0.419 e. The Morgan fingerprint density at radius 1 is 0.872 bits per heavy atom. The highest BCUT2D eigenvalue weighted by molar-refractivity contribution is 6.36. The number of hydrazine groups is 1. The van der Waals surface area contributed by atoms with Gasteiger partial charge in [0, 0.05) is 12.1 Å². The lowest BCUT2D eigenvalue weighted by Crippen LogP contribution is -2.49. The van der Waals surface area contributed by atoms with Crippen LogP contribution in [0.3, 0.4) is 0 Å². The Labute approximate surface area is 230 Å². The number of rotatable bonds is 12. The van der Waals surface area contributed by atoms with E-state index in [0.717, 1.165) is 5.56 Å². The highest BCUT2D eigenvalue weighted by Gasteiger charge is 2.41. The molecule has 204 valence electrons. The van der Waals surface area contributed by atoms with Gasteiger partial charge < -0.3 is 15.0 Å². The molecule has 0 aliphatic heterocycles. The number of methoxy groups -OCH3 is 1. The lowest BCUT2D eigenvalue weighted by Gasteiger charge is -2.30. The van der Waals surface area contributed by atoms with Crippen molar-refractivity contribution < 1.29 is 23.9 Å². The zero-order valence-corrected chi connectivity index (χ0v) is 23.1. The van der Waals surface area contributed by atoms with Gasteiger partial charge in [0.25, 0.3) is 5.91 Å². The van der Waals surface area contributed by atoms with Gasteiger partial charge in [-0.15, -0.1) is 0 Å². The number of carbonyl (C=O) groups is 2. The van der Waals surface area contributed by atoms with E-state index in [0.29, 0.717) is 16.9 Å². The Bertz CT molecular complexity index is 1260. The molecule has 0 fully saturated rings. The van der Waals surface area contributed by atoms with Gasteiger partial charge >= 0.3 is 11.7 Å². The summed E-state index contributed by atoms with van der Waals surface area (Å²) >= 11 is 0. The topological polar surface area (TPSA) is 104 Å². The van der Waals surface area contributed by atoms with Crippen molar-refractivity contribution in [3.63, 3.8) is 0 Å². The molecule has 0 heterocycles. The van der Waals surface area contributed by atoms with E-state index in [2.05, 4.69) is 10.2 Å². The van der Waals surface area contributed by atoms with E-state index in [-0.39, 0.29) is 30.0 Å². The number of hydrogen-bond acceptors (Lipinski definition) is 5. The number of nitrogens with one attached hydrogen (secondary N) is 1. The molecule has 3 aromatic rings. The molecule has 0 radical (unpaired) electrons. The minimum absolute atomic E-state index is 0.0477. The maximum atomic E-state index is 13.6. The minimum atomic E-state index is -0.985. The van der Waals surface area contributed by atoms with Crippen molar-refractivity contribution in [3.05, 3.63) is 107 Å². The Hall–Kier alpha value is -4.26. The third kappa shape index (κ3) is 7.87. The molecule has 1 unspecified atom stereocenters. The summed E-state index contributed by atoms with van der Waals surface area (Å²) in [5.74, 6) is -0.432. The molecular weight excluding hydrogens is 492 g/mol. The summed E-state index contributed by atoms with van der Waals surface area (Å²) in [6, 6.07) is 24.3. The average molecular weight is 529 g/mol. The Balaban J connectivity index is 2.10. The first-order valence-corrected chi connectivity index (χ1v) is 13.0. The summed E-state index contributed by atoms with van der Waals surface area (Å²) in [6.07, 6.45) is -0.396. The third-order valence-electron chi connectivity index (χ3n) is 6.35. The Morgan fingerprint density at radius 3 is 1.95 bits per heavy atom. The van der Waals surface area contributed by atoms with E-state index in [9.17, 15) is 15.1 Å². The number of esters is 1. The lowest BCUT2D eigenvalue weighted by atomic mass is 9.96. The average Bonchev–Trinajstić information content (AvgIpc) is 2.94. The molecule has 0 aliphatic carbocycles. The zero-order valence-electron chi connectivity index (χ0n) is 23.1. The highest BCUT2D eigenvalue weighted by Crippen LogP contribution is 2.27. The number of hydrogen-bond donors (Lipinski definition) is 1. The van der Waals surface area contributed by atoms with Crippen LogP contribution in [0.15, 0.2) is 84.9 Å². The van der Waals surface area contributed by atoms with Gasteiger partial charge in [-0.25, -0.2) is 4.79 Å². The van der Waals surface area contributed by atoms with Crippen molar-refractivity contribution in [2.75, 3.05) is 7.11 Å². The summed E-state index contributed by atoms with van der Waals surface area (Å²) in [6.45, 7) is 8.08. The van der Waals surface area contributed by atoms with Gasteiger partial charge in [0.1, 0.15) is 11.9 Å². The van der Waals surface area contributed by atoms with Crippen molar-refractivity contribution in [2.24, 2.45) is 11.8 Å². The van der Waals surface area contributed by atoms with Crippen molar-refractivity contribution in [1.82, 2.24) is 10.4 Å². The SMILES string of the molecule is COc1ccc(C(C(=[N+]=[N-])C(=O)OC(C(C)C)C(C)C)N(Cc2ccccc2)NC(=O)c2ccccc2)cc1. The number of carbonyl (C=O) groups excluding carboxylic acids is 2. The van der Waals surface area contributed by atoms with Crippen LogP contribution in [-0.4, -0.2) is 40.6 Å². The van der Waals surface area contributed by atoms with Gasteiger partial charge in [-0.3, -0.25) is 10.2 Å². The molecule has 0 saturated heterocycles. The smallest absolute Gasteiger partial charge is 0.419 e. The van der Waals surface area contributed by atoms with Crippen molar-refractivity contribution in [2.45, 2.75) is 46.4 Å². The fraction of sp³-hybridized carbons (Fsp3) is 0.323. The number of amides is 1. The van der Waals surface area contributed by atoms with Gasteiger partial charge in [0.2, 0.25) is 0 Å². The second-order valence-electron chi connectivity index (χ2n) is 9.94. The van der Waals surface area contributed by atoms with Crippen LogP contribution in [0, 0.1) is 11.8 Å². The van der Waals surface area contributed by atoms with Gasteiger partial charge in [0.15, 0.2) is 6.04 Å². The molecule has 1 N–H and O–H groups in total. The second kappa shape index (κ2) is 14.0. The molecule has 0 spiro atoms. The highest BCUT2D eigenvalue weighted by atomic mass is 16.5. The predicted octanol–water partition coefficient (Wildman–Crippen LogP) is 5.48. The second-order valence-corrected chi connectivity index (χ2v) is 9.94. The van der Waals surface area contributed by atoms with Crippen LogP contribution >= 0.6 is 0 Å². The summed E-state index contributed by atoms with van der Waals surface area (Å²) in [5.41, 5.74) is 14.8. The first kappa shape index (κ1) is 29.3. The molecule has 8 heteroatoms. The van der Waals surface area contributed by atoms with Crippen LogP contribution < -0.4 is 10.2 Å². The Morgan fingerprint density at radius 2 is 1.44 bits per heavy atom. The van der Waals surface area contributed by atoms with Crippen molar-refractivity contribution in [1.29, 1.82) is 0 Å². The molecule has 3 aromatic carbocycles. The van der Waals surface area contributed by atoms with E-state index in [1.54, 1.807) is 60.6 Å². The summed E-state index contributed by atoms with van der Waals surface area (Å²) < 4.78 is 11.2. The standard InChI is InChI=1S/C31H36N4O4/c1-21(2)29(22(3)4)39-31(37)27(33-32)28(24-16-18-26(38-5)19-17-24)35(20-23-12-8-6-9-13-23)34-30(36)25-14-10-7-11-15-25/h6-19,21-22,28-29H,20H2,1-5H3,(H,34,36). The van der Waals surface area contributed by atoms with Crippen LogP contribution in [0.4, 0.5) is 0 Å². The summed E-state index contributed by atoms with van der Waals surface area (Å²) in [7, 11) is 1.56. The molecule has 0 aromatic heterocycles. The fourth-order valence-corrected chi connectivity index (χ4v) is 4.46. The molecule has 1 atom stereocenters. The van der Waals surface area contributed by atoms with Crippen molar-refractivity contribution in [3.8, 4) is 5.75 Å². The molecule has 1 amide bonds. The first-order valence-electron chi connectivity index (χ1n) is 13.0. The third-order valence-corrected chi connectivity index (χ3v) is 6.35. The van der Waals surface area contributed by atoms with E-state index in [1.165, 1.54) is 0 Å². The largest absolute Gasteiger partial charge is 0.497 e. The van der Waals surface area contributed by atoms with Gasteiger partial charge in [0.05, 0.1) is 7.11 Å². The van der Waals surface area contributed by atoms with E-state index in [4.69, 9.17) is 9.47 Å². The maximum absolute atomic E-state index is 13.6. The van der Waals surface area contributed by atoms with Gasteiger partial charge in [-0.1, -0.05) is 88.4 Å². The summed E-state index contributed by atoms with van der Waals surface area (Å²) in [5, 5.41) is 1.59. The van der Waals surface area contributed by atoms with E-state index in [1.807, 2.05) is 64.1 Å². The van der Waals surface area contributed by atoms with Gasteiger partial charge in [-0.05, 0) is 47.2 Å². The molecule has 0 saturated carbocycles. The molecule has 39 heavy (non-hydrogen) atoms. The number of nitrogens with zero attached hydrogens (tertiary/aromatic N) is 3. The van der Waals surface area contributed by atoms with E-state index < -0.39 is 18.1 Å². The van der Waals surface area contributed by atoms with Crippen LogP contribution in [0.1, 0.15) is 55.2 Å². The van der Waals surface area contributed by atoms with Crippen molar-refractivity contribution >= 4 is 17.6 Å². The van der Waals surface area contributed by atoms with Gasteiger partial charge in [-0.2, -0.15) is 9.80 Å². The summed E-state index contributed by atoms with van der Waals surface area (Å²) in [4.78, 5) is 30.3. The normalized spacial score (nSPS) is 11.8. The molecule has 8 nitrogen and oxygen atoms in total. The van der Waals surface area contributed by atoms with Crippen LogP contribution in [0.25, 0.3) is 5.53 Å².